The SMILES string of the molecule is CCCOc1ccc(C(=O)NC(=S)Nc2ccc(OC[C@@H]3CCCO3)cc2)cc1. The van der Waals surface area contributed by atoms with Crippen LogP contribution in [-0.4, -0.2) is 36.9 Å². The maximum atomic E-state index is 12.3. The summed E-state index contributed by atoms with van der Waals surface area (Å²) in [6.45, 7) is 4.07. The molecular weight excluding hydrogens is 388 g/mol. The molecule has 0 aromatic heterocycles. The van der Waals surface area contributed by atoms with Gasteiger partial charge in [-0.2, -0.15) is 0 Å². The molecule has 1 aliphatic rings. The summed E-state index contributed by atoms with van der Waals surface area (Å²) in [5.41, 5.74) is 1.28. The highest BCUT2D eigenvalue weighted by Crippen LogP contribution is 2.18. The first-order chi connectivity index (χ1) is 14.1. The van der Waals surface area contributed by atoms with Crippen molar-refractivity contribution < 1.29 is 19.0 Å². The highest BCUT2D eigenvalue weighted by atomic mass is 32.1. The quantitative estimate of drug-likeness (QED) is 0.632. The zero-order valence-corrected chi connectivity index (χ0v) is 17.3. The minimum Gasteiger partial charge on any atom is -0.494 e. The molecule has 1 atom stereocenters. The number of anilines is 1. The average Bonchev–Trinajstić information content (AvgIpc) is 3.25. The number of hydrogen-bond acceptors (Lipinski definition) is 5. The largest absolute Gasteiger partial charge is 0.494 e. The molecule has 1 saturated heterocycles. The van der Waals surface area contributed by atoms with Crippen LogP contribution in [0.4, 0.5) is 5.69 Å². The monoisotopic (exact) mass is 414 g/mol. The Hall–Kier alpha value is -2.64. The van der Waals surface area contributed by atoms with Crippen molar-refractivity contribution in [2.45, 2.75) is 32.3 Å². The normalized spacial score (nSPS) is 15.6. The van der Waals surface area contributed by atoms with Crippen molar-refractivity contribution in [3.8, 4) is 11.5 Å². The fourth-order valence-electron chi connectivity index (χ4n) is 2.86. The van der Waals surface area contributed by atoms with Crippen LogP contribution in [0.15, 0.2) is 48.5 Å². The molecule has 3 rings (SSSR count). The number of rotatable bonds is 8. The van der Waals surface area contributed by atoms with Crippen molar-refractivity contribution in [1.82, 2.24) is 5.32 Å². The van der Waals surface area contributed by atoms with Crippen molar-refractivity contribution in [3.05, 3.63) is 54.1 Å². The molecule has 0 saturated carbocycles. The van der Waals surface area contributed by atoms with Gasteiger partial charge < -0.3 is 19.5 Å². The maximum Gasteiger partial charge on any atom is 0.257 e. The number of thiocarbonyl (C=S) groups is 1. The van der Waals surface area contributed by atoms with E-state index in [0.717, 1.165) is 43.1 Å². The molecule has 0 spiro atoms. The lowest BCUT2D eigenvalue weighted by atomic mass is 10.2. The van der Waals surface area contributed by atoms with Crippen LogP contribution in [0.1, 0.15) is 36.5 Å². The maximum absolute atomic E-state index is 12.3. The first-order valence-corrected chi connectivity index (χ1v) is 10.2. The lowest BCUT2D eigenvalue weighted by Gasteiger charge is -2.13. The second-order valence-electron chi connectivity index (χ2n) is 6.75. The molecule has 0 unspecified atom stereocenters. The molecule has 0 radical (unpaired) electrons. The Morgan fingerprint density at radius 2 is 1.79 bits per heavy atom. The number of hydrogen-bond donors (Lipinski definition) is 2. The smallest absolute Gasteiger partial charge is 0.257 e. The zero-order valence-electron chi connectivity index (χ0n) is 16.5. The molecular formula is C22H26N2O4S. The van der Waals surface area contributed by atoms with E-state index in [9.17, 15) is 4.79 Å². The first-order valence-electron chi connectivity index (χ1n) is 9.83. The van der Waals surface area contributed by atoms with E-state index in [1.807, 2.05) is 31.2 Å². The van der Waals surface area contributed by atoms with Crippen molar-refractivity contribution in [2.24, 2.45) is 0 Å². The molecule has 2 N–H and O–H groups in total. The molecule has 1 heterocycles. The van der Waals surface area contributed by atoms with Crippen LogP contribution in [0.3, 0.4) is 0 Å². The van der Waals surface area contributed by atoms with Crippen molar-refractivity contribution in [2.75, 3.05) is 25.1 Å². The topological polar surface area (TPSA) is 68.8 Å². The van der Waals surface area contributed by atoms with Crippen molar-refractivity contribution >= 4 is 28.9 Å². The third-order valence-electron chi connectivity index (χ3n) is 4.39. The van der Waals surface area contributed by atoms with Crippen LogP contribution in [0, 0.1) is 0 Å². The van der Waals surface area contributed by atoms with Crippen LogP contribution in [0.2, 0.25) is 0 Å². The molecule has 7 heteroatoms. The second kappa shape index (κ2) is 10.8. The van der Waals surface area contributed by atoms with E-state index in [1.54, 1.807) is 24.3 Å². The van der Waals surface area contributed by atoms with Gasteiger partial charge in [0.15, 0.2) is 5.11 Å². The molecule has 1 fully saturated rings. The van der Waals surface area contributed by atoms with Crippen LogP contribution in [-0.2, 0) is 4.74 Å². The molecule has 154 valence electrons. The highest BCUT2D eigenvalue weighted by molar-refractivity contribution is 7.80. The summed E-state index contributed by atoms with van der Waals surface area (Å²) in [7, 11) is 0. The molecule has 2 aromatic carbocycles. The Kier molecular flexibility index (Phi) is 7.84. The van der Waals surface area contributed by atoms with Gasteiger partial charge in [-0.15, -0.1) is 0 Å². The minimum atomic E-state index is -0.277. The summed E-state index contributed by atoms with van der Waals surface area (Å²) in [6, 6.07) is 14.4. The number of carbonyl (C=O) groups excluding carboxylic acids is 1. The van der Waals surface area contributed by atoms with Crippen LogP contribution in [0.5, 0.6) is 11.5 Å². The van der Waals surface area contributed by atoms with Crippen LogP contribution >= 0.6 is 12.2 Å². The van der Waals surface area contributed by atoms with Gasteiger partial charge in [-0.1, -0.05) is 6.92 Å². The van der Waals surface area contributed by atoms with Crippen molar-refractivity contribution in [3.63, 3.8) is 0 Å². The van der Waals surface area contributed by atoms with Gasteiger partial charge in [0.05, 0.1) is 12.7 Å². The van der Waals surface area contributed by atoms with E-state index in [-0.39, 0.29) is 17.1 Å². The van der Waals surface area contributed by atoms with E-state index < -0.39 is 0 Å². The van der Waals surface area contributed by atoms with Gasteiger partial charge in [-0.05, 0) is 80.0 Å². The number of carbonyl (C=O) groups is 1. The third-order valence-corrected chi connectivity index (χ3v) is 4.59. The lowest BCUT2D eigenvalue weighted by molar-refractivity contribution is 0.0679. The summed E-state index contributed by atoms with van der Waals surface area (Å²) >= 11 is 5.24. The van der Waals surface area contributed by atoms with Gasteiger partial charge in [-0.25, -0.2) is 0 Å². The molecule has 1 amide bonds. The third kappa shape index (κ3) is 6.73. The van der Waals surface area contributed by atoms with E-state index in [4.69, 9.17) is 26.4 Å². The van der Waals surface area contributed by atoms with Crippen LogP contribution in [0.25, 0.3) is 0 Å². The molecule has 0 bridgehead atoms. The van der Waals surface area contributed by atoms with E-state index in [1.165, 1.54) is 0 Å². The summed E-state index contributed by atoms with van der Waals surface area (Å²) in [4.78, 5) is 12.3. The summed E-state index contributed by atoms with van der Waals surface area (Å²) in [6.07, 6.45) is 3.26. The van der Waals surface area contributed by atoms with Gasteiger partial charge in [-0.3, -0.25) is 10.1 Å². The van der Waals surface area contributed by atoms with Gasteiger partial charge in [0.25, 0.3) is 5.91 Å². The summed E-state index contributed by atoms with van der Waals surface area (Å²) in [5, 5.41) is 5.91. The second-order valence-corrected chi connectivity index (χ2v) is 7.16. The van der Waals surface area contributed by atoms with Gasteiger partial charge in [0.1, 0.15) is 18.1 Å². The Bertz CT molecular complexity index is 803. The minimum absolute atomic E-state index is 0.183. The predicted octanol–water partition coefficient (Wildman–Crippen LogP) is 4.16. The standard InChI is InChI=1S/C22H26N2O4S/c1-2-13-26-18-9-5-16(6-10-18)21(25)24-22(29)23-17-7-11-19(12-8-17)28-15-20-4-3-14-27-20/h5-12,20H,2-4,13-15H2,1H3,(H2,23,24,25,29)/t20-/m0/s1. The predicted molar refractivity (Wildman–Crippen MR) is 117 cm³/mol. The summed E-state index contributed by atoms with van der Waals surface area (Å²) in [5.74, 6) is 1.23. The number of nitrogens with one attached hydrogen (secondary N) is 2. The Morgan fingerprint density at radius 1 is 1.10 bits per heavy atom. The fourth-order valence-corrected chi connectivity index (χ4v) is 3.07. The summed E-state index contributed by atoms with van der Waals surface area (Å²) < 4.78 is 16.8. The van der Waals surface area contributed by atoms with Gasteiger partial charge in [0, 0.05) is 17.9 Å². The van der Waals surface area contributed by atoms with Crippen LogP contribution < -0.4 is 20.1 Å². The van der Waals surface area contributed by atoms with E-state index in [2.05, 4.69) is 10.6 Å². The first kappa shape index (κ1) is 21.1. The Balaban J connectivity index is 1.45. The molecule has 2 aromatic rings. The number of ether oxygens (including phenoxy) is 3. The number of benzene rings is 2. The van der Waals surface area contributed by atoms with Gasteiger partial charge in [0.2, 0.25) is 0 Å². The average molecular weight is 415 g/mol. The lowest BCUT2D eigenvalue weighted by Crippen LogP contribution is -2.34. The molecule has 29 heavy (non-hydrogen) atoms. The van der Waals surface area contributed by atoms with Crippen molar-refractivity contribution in [1.29, 1.82) is 0 Å². The molecule has 6 nitrogen and oxygen atoms in total. The Labute approximate surface area is 176 Å². The molecule has 1 aliphatic heterocycles. The van der Waals surface area contributed by atoms with E-state index in [0.29, 0.717) is 18.8 Å². The highest BCUT2D eigenvalue weighted by Gasteiger charge is 2.16. The zero-order chi connectivity index (χ0) is 20.5. The fraction of sp³-hybridized carbons (Fsp3) is 0.364. The molecule has 0 aliphatic carbocycles. The van der Waals surface area contributed by atoms with E-state index >= 15 is 0 Å². The van der Waals surface area contributed by atoms with Gasteiger partial charge >= 0.3 is 0 Å². The Morgan fingerprint density at radius 3 is 2.45 bits per heavy atom. The number of amides is 1.